The Morgan fingerprint density at radius 3 is 2.35 bits per heavy atom. The van der Waals surface area contributed by atoms with Gasteiger partial charge in [-0.25, -0.2) is 0 Å². The van der Waals surface area contributed by atoms with Crippen LogP contribution in [0.15, 0.2) is 24.3 Å². The van der Waals surface area contributed by atoms with Gasteiger partial charge in [0.15, 0.2) is 0 Å². The van der Waals surface area contributed by atoms with Gasteiger partial charge in [-0.3, -0.25) is 9.59 Å². The number of nitrogens with one attached hydrogen (secondary N) is 1. The number of ether oxygens (including phenoxy) is 1. The fourth-order valence-corrected chi connectivity index (χ4v) is 2.85. The summed E-state index contributed by atoms with van der Waals surface area (Å²) < 4.78 is 5.60. The van der Waals surface area contributed by atoms with E-state index in [9.17, 15) is 9.59 Å². The van der Waals surface area contributed by atoms with Crippen LogP contribution in [0, 0.1) is 0 Å². The van der Waals surface area contributed by atoms with Crippen LogP contribution in [0.3, 0.4) is 0 Å². The summed E-state index contributed by atoms with van der Waals surface area (Å²) in [5.41, 5.74) is 0.704. The van der Waals surface area contributed by atoms with Crippen molar-refractivity contribution in [2.24, 2.45) is 0 Å². The molecule has 1 saturated carbocycles. The number of amides is 2. The minimum atomic E-state index is -0.149. The van der Waals surface area contributed by atoms with Crippen LogP contribution in [0.4, 0.5) is 5.69 Å². The lowest BCUT2D eigenvalue weighted by atomic mass is 10.2. The number of hydrogen-bond donors (Lipinski definition) is 1. The van der Waals surface area contributed by atoms with Gasteiger partial charge in [0.2, 0.25) is 11.8 Å². The second kappa shape index (κ2) is 7.99. The zero-order valence-electron chi connectivity index (χ0n) is 14.2. The average molecular weight is 318 g/mol. The van der Waals surface area contributed by atoms with E-state index in [0.717, 1.165) is 18.6 Å². The molecule has 0 heterocycles. The maximum atomic E-state index is 12.2. The van der Waals surface area contributed by atoms with Gasteiger partial charge in [0.1, 0.15) is 12.3 Å². The zero-order chi connectivity index (χ0) is 16.8. The summed E-state index contributed by atoms with van der Waals surface area (Å²) in [4.78, 5) is 25.6. The van der Waals surface area contributed by atoms with E-state index in [1.54, 1.807) is 0 Å². The van der Waals surface area contributed by atoms with Crippen LogP contribution < -0.4 is 15.0 Å². The molecule has 1 aromatic rings. The van der Waals surface area contributed by atoms with Gasteiger partial charge in [0.25, 0.3) is 0 Å². The van der Waals surface area contributed by atoms with Crippen molar-refractivity contribution in [2.75, 3.05) is 11.4 Å². The molecule has 2 rings (SSSR count). The van der Waals surface area contributed by atoms with Crippen LogP contribution >= 0.6 is 0 Å². The molecule has 1 fully saturated rings. The Balaban J connectivity index is 1.99. The number of benzene rings is 1. The molecule has 5 heteroatoms. The summed E-state index contributed by atoms with van der Waals surface area (Å²) >= 11 is 0. The number of nitrogens with zero attached hydrogens (tertiary/aromatic N) is 1. The molecule has 0 saturated heterocycles. The summed E-state index contributed by atoms with van der Waals surface area (Å²) in [5.74, 6) is 0.501. The maximum Gasteiger partial charge on any atom is 0.240 e. The lowest BCUT2D eigenvalue weighted by molar-refractivity contribution is -0.123. The van der Waals surface area contributed by atoms with Gasteiger partial charge in [0, 0.05) is 18.7 Å². The van der Waals surface area contributed by atoms with Crippen LogP contribution in [0.1, 0.15) is 46.5 Å². The van der Waals surface area contributed by atoms with E-state index in [2.05, 4.69) is 5.32 Å². The van der Waals surface area contributed by atoms with Crippen molar-refractivity contribution in [3.8, 4) is 5.75 Å². The third-order valence-electron chi connectivity index (χ3n) is 3.92. The molecule has 0 bridgehead atoms. The number of carbonyl (C=O) groups is 2. The molecule has 0 unspecified atom stereocenters. The van der Waals surface area contributed by atoms with Crippen molar-refractivity contribution in [3.63, 3.8) is 0 Å². The number of anilines is 1. The van der Waals surface area contributed by atoms with Crippen LogP contribution in [-0.2, 0) is 9.59 Å². The zero-order valence-corrected chi connectivity index (χ0v) is 14.2. The standard InChI is InChI=1S/C18H26N2O3/c1-13(2)23-17-10-8-16(9-11-17)20(14(3)21)12-18(22)19-15-6-4-5-7-15/h8-11,13,15H,4-7,12H2,1-3H3,(H,19,22). The molecular weight excluding hydrogens is 292 g/mol. The first-order chi connectivity index (χ1) is 11.0. The molecule has 0 radical (unpaired) electrons. The van der Waals surface area contributed by atoms with E-state index in [-0.39, 0.29) is 30.5 Å². The molecule has 0 aliphatic heterocycles. The largest absolute Gasteiger partial charge is 0.491 e. The summed E-state index contributed by atoms with van der Waals surface area (Å²) in [6.07, 6.45) is 4.50. The fraction of sp³-hybridized carbons (Fsp3) is 0.556. The Morgan fingerprint density at radius 1 is 1.22 bits per heavy atom. The predicted octanol–water partition coefficient (Wildman–Crippen LogP) is 2.89. The van der Waals surface area contributed by atoms with Crippen molar-refractivity contribution >= 4 is 17.5 Å². The first kappa shape index (κ1) is 17.3. The van der Waals surface area contributed by atoms with Crippen LogP contribution in [0.2, 0.25) is 0 Å². The number of hydrogen-bond acceptors (Lipinski definition) is 3. The maximum absolute atomic E-state index is 12.2. The Labute approximate surface area is 138 Å². The predicted molar refractivity (Wildman–Crippen MR) is 90.6 cm³/mol. The lowest BCUT2D eigenvalue weighted by Crippen LogP contribution is -2.43. The highest BCUT2D eigenvalue weighted by Gasteiger charge is 2.20. The molecule has 1 aliphatic carbocycles. The molecule has 0 atom stereocenters. The summed E-state index contributed by atoms with van der Waals surface area (Å²) in [6, 6.07) is 7.52. The summed E-state index contributed by atoms with van der Waals surface area (Å²) in [7, 11) is 0. The molecule has 0 aromatic heterocycles. The van der Waals surface area contributed by atoms with Crippen LogP contribution in [0.5, 0.6) is 5.75 Å². The van der Waals surface area contributed by atoms with Crippen LogP contribution in [-0.4, -0.2) is 30.5 Å². The molecule has 126 valence electrons. The second-order valence-electron chi connectivity index (χ2n) is 6.31. The van der Waals surface area contributed by atoms with Gasteiger partial charge < -0.3 is 15.0 Å². The van der Waals surface area contributed by atoms with E-state index in [1.165, 1.54) is 24.7 Å². The highest BCUT2D eigenvalue weighted by Crippen LogP contribution is 2.21. The minimum absolute atomic E-state index is 0.0518. The first-order valence-electron chi connectivity index (χ1n) is 8.30. The molecule has 5 nitrogen and oxygen atoms in total. The van der Waals surface area contributed by atoms with Crippen molar-refractivity contribution < 1.29 is 14.3 Å². The molecule has 2 amide bonds. The number of rotatable bonds is 6. The smallest absolute Gasteiger partial charge is 0.240 e. The topological polar surface area (TPSA) is 58.6 Å². The van der Waals surface area contributed by atoms with Crippen molar-refractivity contribution in [1.82, 2.24) is 5.32 Å². The van der Waals surface area contributed by atoms with Crippen LogP contribution in [0.25, 0.3) is 0 Å². The highest BCUT2D eigenvalue weighted by atomic mass is 16.5. The molecule has 23 heavy (non-hydrogen) atoms. The first-order valence-corrected chi connectivity index (χ1v) is 8.30. The van der Waals surface area contributed by atoms with E-state index in [1.807, 2.05) is 38.1 Å². The van der Waals surface area contributed by atoms with Crippen molar-refractivity contribution in [3.05, 3.63) is 24.3 Å². The lowest BCUT2D eigenvalue weighted by Gasteiger charge is -2.22. The normalized spacial score (nSPS) is 14.8. The average Bonchev–Trinajstić information content (AvgIpc) is 2.98. The Bertz CT molecular complexity index is 534. The van der Waals surface area contributed by atoms with Gasteiger partial charge in [-0.05, 0) is 51.0 Å². The number of carbonyl (C=O) groups excluding carboxylic acids is 2. The van der Waals surface area contributed by atoms with E-state index in [0.29, 0.717) is 5.69 Å². The summed E-state index contributed by atoms with van der Waals surface area (Å²) in [5, 5.41) is 3.01. The fourth-order valence-electron chi connectivity index (χ4n) is 2.85. The Morgan fingerprint density at radius 2 is 1.83 bits per heavy atom. The Kier molecular flexibility index (Phi) is 6.02. The monoisotopic (exact) mass is 318 g/mol. The van der Waals surface area contributed by atoms with E-state index in [4.69, 9.17) is 4.74 Å². The minimum Gasteiger partial charge on any atom is -0.491 e. The molecule has 0 spiro atoms. The van der Waals surface area contributed by atoms with Gasteiger partial charge in [-0.1, -0.05) is 12.8 Å². The molecule has 1 N–H and O–H groups in total. The van der Waals surface area contributed by atoms with E-state index < -0.39 is 0 Å². The molecular formula is C18H26N2O3. The van der Waals surface area contributed by atoms with Gasteiger partial charge in [-0.15, -0.1) is 0 Å². The quantitative estimate of drug-likeness (QED) is 0.877. The SMILES string of the molecule is CC(=O)N(CC(=O)NC1CCCC1)c1ccc(OC(C)C)cc1. The van der Waals surface area contributed by atoms with Gasteiger partial charge in [0.05, 0.1) is 6.10 Å². The molecule has 1 aliphatic rings. The third-order valence-corrected chi connectivity index (χ3v) is 3.92. The van der Waals surface area contributed by atoms with Gasteiger partial charge in [-0.2, -0.15) is 0 Å². The Hall–Kier alpha value is -2.04. The van der Waals surface area contributed by atoms with E-state index >= 15 is 0 Å². The van der Waals surface area contributed by atoms with Crippen molar-refractivity contribution in [2.45, 2.75) is 58.6 Å². The summed E-state index contributed by atoms with van der Waals surface area (Å²) in [6.45, 7) is 5.45. The third kappa shape index (κ3) is 5.27. The van der Waals surface area contributed by atoms with Gasteiger partial charge >= 0.3 is 0 Å². The second-order valence-corrected chi connectivity index (χ2v) is 6.31. The highest BCUT2D eigenvalue weighted by molar-refractivity contribution is 5.97. The van der Waals surface area contributed by atoms with Crippen molar-refractivity contribution in [1.29, 1.82) is 0 Å². The molecule has 1 aromatic carbocycles.